The summed E-state index contributed by atoms with van der Waals surface area (Å²) in [5.74, 6) is 0.0645. The number of ether oxygens (including phenoxy) is 1. The average Bonchev–Trinajstić information content (AvgIpc) is 3.35. The zero-order valence-corrected chi connectivity index (χ0v) is 28.3. The smallest absolute Gasteiger partial charge is 0.342 e. The molecule has 0 spiro atoms. The Morgan fingerprint density at radius 2 is 1.83 bits per heavy atom. The minimum Gasteiger partial charge on any atom is -0.458 e. The molecule has 4 aliphatic rings. The molecule has 5 rings (SSSR count). The van der Waals surface area contributed by atoms with Crippen LogP contribution < -0.4 is 5.32 Å². The van der Waals surface area contributed by atoms with Crippen LogP contribution in [0, 0.1) is 0 Å². The Hall–Kier alpha value is -2.47. The fraction of sp³-hybridized carbons (Fsp3) is 0.576. The zero-order valence-electron chi connectivity index (χ0n) is 26.3. The Morgan fingerprint density at radius 3 is 2.52 bits per heavy atom. The van der Waals surface area contributed by atoms with Gasteiger partial charge in [0.2, 0.25) is 5.78 Å². The maximum absolute atomic E-state index is 13.8. The van der Waals surface area contributed by atoms with Gasteiger partial charge in [-0.2, -0.15) is 0 Å². The van der Waals surface area contributed by atoms with Crippen molar-refractivity contribution >= 4 is 34.2 Å². The van der Waals surface area contributed by atoms with Gasteiger partial charge in [0.05, 0.1) is 6.54 Å². The van der Waals surface area contributed by atoms with Crippen LogP contribution in [0.2, 0.25) is 43.3 Å². The van der Waals surface area contributed by atoms with Crippen LogP contribution in [-0.2, 0) is 31.7 Å². The molecule has 3 aliphatic heterocycles. The average molecular weight is 609 g/mol. The lowest BCUT2D eigenvalue weighted by atomic mass is 9.78. The topological polar surface area (TPSA) is 88.1 Å². The molecule has 9 heteroatoms. The molecular weight excluding hydrogens is 561 g/mol. The molecule has 0 bridgehead atoms. The minimum absolute atomic E-state index is 0.0793. The third-order valence-corrected chi connectivity index (χ3v) is 18.3. The number of benzene rings is 1. The van der Waals surface area contributed by atoms with Crippen LogP contribution in [0.1, 0.15) is 63.6 Å². The number of ketones is 1. The number of nitrogens with zero attached hydrogens (tertiary/aromatic N) is 1. The van der Waals surface area contributed by atoms with Gasteiger partial charge in [0, 0.05) is 32.4 Å². The monoisotopic (exact) mass is 608 g/mol. The van der Waals surface area contributed by atoms with Gasteiger partial charge < -0.3 is 24.5 Å². The van der Waals surface area contributed by atoms with Crippen molar-refractivity contribution in [1.82, 2.24) is 10.2 Å². The first kappa shape index (κ1) is 31.0. The molecule has 7 nitrogen and oxygen atoms in total. The molecule has 2 N–H and O–H groups in total. The number of Topliss-reactive ketones (excluding diaryl/α,β-unsaturated/α-hetero) is 1. The van der Waals surface area contributed by atoms with E-state index < -0.39 is 28.0 Å². The molecule has 0 saturated heterocycles. The summed E-state index contributed by atoms with van der Waals surface area (Å²) in [7, 11) is -2.92. The summed E-state index contributed by atoms with van der Waals surface area (Å²) in [4.78, 5) is 28.3. The van der Waals surface area contributed by atoms with Crippen LogP contribution in [-0.4, -0.2) is 57.0 Å². The first-order valence-electron chi connectivity index (χ1n) is 15.9. The second-order valence-electron chi connectivity index (χ2n) is 13.2. The lowest BCUT2D eigenvalue weighted by molar-refractivity contribution is -0.163. The molecule has 0 fully saturated rings. The number of aliphatic hydroxyl groups is 1. The largest absolute Gasteiger partial charge is 0.458 e. The molecule has 0 radical (unpaired) electrons. The molecule has 1 aromatic carbocycles. The van der Waals surface area contributed by atoms with Crippen LogP contribution in [0.25, 0.3) is 6.08 Å². The third kappa shape index (κ3) is 5.49. The summed E-state index contributed by atoms with van der Waals surface area (Å²) in [6.45, 7) is 15.1. The van der Waals surface area contributed by atoms with Crippen molar-refractivity contribution < 1.29 is 23.9 Å². The Morgan fingerprint density at radius 1 is 1.10 bits per heavy atom. The molecule has 1 atom stereocenters. The highest BCUT2D eigenvalue weighted by Crippen LogP contribution is 2.44. The van der Waals surface area contributed by atoms with E-state index in [1.165, 1.54) is 46.9 Å². The predicted molar refractivity (Wildman–Crippen MR) is 172 cm³/mol. The summed E-state index contributed by atoms with van der Waals surface area (Å²) in [5.41, 5.74) is 4.38. The van der Waals surface area contributed by atoms with Gasteiger partial charge in [-0.25, -0.2) is 4.79 Å². The molecule has 42 heavy (non-hydrogen) atoms. The zero-order chi connectivity index (χ0) is 30.3. The highest BCUT2D eigenvalue weighted by Gasteiger charge is 2.51. The number of aryl methyl sites for hydroxylation is 1. The van der Waals surface area contributed by atoms with Crippen molar-refractivity contribution in [3.63, 3.8) is 0 Å². The quantitative estimate of drug-likeness (QED) is 0.165. The maximum atomic E-state index is 13.8. The first-order valence-corrected chi connectivity index (χ1v) is 21.9. The van der Waals surface area contributed by atoms with E-state index in [1.54, 1.807) is 6.92 Å². The number of cyclic esters (lactones) is 1. The molecule has 3 heterocycles. The van der Waals surface area contributed by atoms with Crippen molar-refractivity contribution in [2.24, 2.45) is 0 Å². The molecule has 1 aromatic rings. The molecule has 1 aliphatic carbocycles. The lowest BCUT2D eigenvalue weighted by Crippen LogP contribution is -2.48. The Balaban J connectivity index is 1.27. The van der Waals surface area contributed by atoms with Crippen molar-refractivity contribution in [3.05, 3.63) is 63.3 Å². The first-order chi connectivity index (χ1) is 20.0. The summed E-state index contributed by atoms with van der Waals surface area (Å²) < 4.78 is 11.8. The van der Waals surface area contributed by atoms with Crippen molar-refractivity contribution in [1.29, 1.82) is 0 Å². The molecule has 228 valence electrons. The Labute approximate surface area is 253 Å². The van der Waals surface area contributed by atoms with E-state index in [0.717, 1.165) is 31.0 Å². The standard InChI is InChI=1S/C33H48N2O5Si2/c1-7-33(38)27-20-28-30(31(36)26(27)22-39-32(33)37)35-21-25-23(13-11-14-24(25)19-29(35)34-28)15-18-41(5,6)17-12-16-40-42(8-2,9-3)10-4/h11,13-14,19,34,38H,7-10,12,15-18,20-22H2,1-6H3. The van der Waals surface area contributed by atoms with Crippen LogP contribution >= 0.6 is 0 Å². The van der Waals surface area contributed by atoms with Crippen molar-refractivity contribution in [3.8, 4) is 0 Å². The van der Waals surface area contributed by atoms with Gasteiger partial charge in [-0.1, -0.05) is 71.1 Å². The van der Waals surface area contributed by atoms with Gasteiger partial charge in [0.15, 0.2) is 13.9 Å². The highest BCUT2D eigenvalue weighted by molar-refractivity contribution is 6.77. The van der Waals surface area contributed by atoms with E-state index in [-0.39, 0.29) is 18.8 Å². The maximum Gasteiger partial charge on any atom is 0.342 e. The van der Waals surface area contributed by atoms with Gasteiger partial charge in [0.25, 0.3) is 0 Å². The highest BCUT2D eigenvalue weighted by atomic mass is 28.4. The fourth-order valence-corrected chi connectivity index (χ4v) is 12.1. The Bertz CT molecular complexity index is 1350. The van der Waals surface area contributed by atoms with Crippen LogP contribution in [0.5, 0.6) is 0 Å². The normalized spacial score (nSPS) is 21.9. The van der Waals surface area contributed by atoms with Crippen LogP contribution in [0.15, 0.2) is 46.6 Å². The second-order valence-corrected chi connectivity index (χ2v) is 23.3. The summed E-state index contributed by atoms with van der Waals surface area (Å²) >= 11 is 0. The minimum atomic E-state index is -1.74. The van der Waals surface area contributed by atoms with Crippen LogP contribution in [0.3, 0.4) is 0 Å². The van der Waals surface area contributed by atoms with Crippen LogP contribution in [0.4, 0.5) is 0 Å². The summed E-state index contributed by atoms with van der Waals surface area (Å²) in [6, 6.07) is 12.7. The van der Waals surface area contributed by atoms with Gasteiger partial charge >= 0.3 is 5.97 Å². The molecule has 0 saturated carbocycles. The van der Waals surface area contributed by atoms with Gasteiger partial charge in [0.1, 0.15) is 18.1 Å². The number of nitrogens with one attached hydrogen (secondary N) is 1. The number of fused-ring (bicyclic) bond motifs is 3. The SMILES string of the molecule is CCC1(O)C(=O)OCC2=C1CC1=C(C2=O)N2Cc3c(cccc3CC[Si](C)(C)CCCO[Si](CC)(CC)CC)C=C2N1. The van der Waals surface area contributed by atoms with Gasteiger partial charge in [-0.3, -0.25) is 4.79 Å². The number of allylic oxidation sites excluding steroid dienone is 2. The predicted octanol–water partition coefficient (Wildman–Crippen LogP) is 6.25. The van der Waals surface area contributed by atoms with E-state index in [9.17, 15) is 14.7 Å². The number of carbonyl (C=O) groups is 2. The van der Waals surface area contributed by atoms with E-state index in [1.807, 2.05) is 0 Å². The van der Waals surface area contributed by atoms with E-state index in [2.05, 4.69) is 68.4 Å². The van der Waals surface area contributed by atoms with Gasteiger partial charge in [-0.15, -0.1) is 0 Å². The van der Waals surface area contributed by atoms with E-state index in [0.29, 0.717) is 29.8 Å². The summed E-state index contributed by atoms with van der Waals surface area (Å²) in [5, 5.41) is 14.6. The second kappa shape index (κ2) is 11.9. The molecule has 1 unspecified atom stereocenters. The molecular formula is C33H48N2O5Si2. The van der Waals surface area contributed by atoms with Crippen molar-refractivity contribution in [2.45, 2.75) is 109 Å². The van der Waals surface area contributed by atoms with E-state index in [4.69, 9.17) is 9.16 Å². The van der Waals surface area contributed by atoms with Crippen molar-refractivity contribution in [2.75, 3.05) is 13.2 Å². The molecule has 0 amide bonds. The van der Waals surface area contributed by atoms with Gasteiger partial charge in [-0.05, 0) is 65.7 Å². The van der Waals surface area contributed by atoms with E-state index >= 15 is 0 Å². The summed E-state index contributed by atoms with van der Waals surface area (Å²) in [6.07, 6.45) is 4.85. The number of hydrogen-bond donors (Lipinski definition) is 2. The fourth-order valence-electron chi connectivity index (χ4n) is 7.10. The Kier molecular flexibility index (Phi) is 8.78. The lowest BCUT2D eigenvalue weighted by Gasteiger charge is -2.36. The number of hydrogen-bond acceptors (Lipinski definition) is 7. The third-order valence-electron chi connectivity index (χ3n) is 10.4. The number of rotatable bonds is 12. The number of carbonyl (C=O) groups excluding carboxylic acids is 2. The number of esters is 1. The molecule has 0 aromatic heterocycles.